The van der Waals surface area contributed by atoms with Crippen molar-refractivity contribution in [3.8, 4) is 11.1 Å². The standard InChI is InChI=1S/C34H39NO5/c1-24-20-26(18-19-30(24)27-15-9-6-10-16-27)14-11-17-28(22-31(36)40-34(2,3)4)32(37)35-29(23-39-33(35)38)21-25-12-7-5-8-13-25/h5-10,12-13,15-16,18-20,28-29H,11,14,17,21-23H2,1-4H3/t28-,29+/m1/s1. The SMILES string of the molecule is Cc1cc(CCC[C@H](CC(=O)OC(C)(C)C)C(=O)N2C(=O)OC[C@@H]2Cc2ccccc2)ccc1-c1ccccc1. The molecule has 0 aliphatic carbocycles. The molecule has 1 aliphatic rings. The van der Waals surface area contributed by atoms with Crippen LogP contribution in [0.5, 0.6) is 0 Å². The summed E-state index contributed by atoms with van der Waals surface area (Å²) in [5.41, 5.74) is 5.08. The van der Waals surface area contributed by atoms with Crippen molar-refractivity contribution in [2.45, 2.75) is 71.4 Å². The lowest BCUT2D eigenvalue weighted by atomic mass is 9.92. The normalized spacial score (nSPS) is 15.9. The third-order valence-corrected chi connectivity index (χ3v) is 7.09. The molecule has 3 aromatic carbocycles. The maximum absolute atomic E-state index is 13.8. The second-order valence-corrected chi connectivity index (χ2v) is 11.5. The zero-order valence-corrected chi connectivity index (χ0v) is 23.9. The lowest BCUT2D eigenvalue weighted by molar-refractivity contribution is -0.158. The molecular formula is C34H39NO5. The molecule has 2 atom stereocenters. The molecule has 0 N–H and O–H groups in total. The second-order valence-electron chi connectivity index (χ2n) is 11.5. The van der Waals surface area contributed by atoms with Crippen LogP contribution in [0.15, 0.2) is 78.9 Å². The summed E-state index contributed by atoms with van der Waals surface area (Å²) in [7, 11) is 0. The molecule has 1 aliphatic heterocycles. The van der Waals surface area contributed by atoms with Crippen LogP contribution < -0.4 is 0 Å². The third-order valence-electron chi connectivity index (χ3n) is 7.09. The van der Waals surface area contributed by atoms with E-state index in [-0.39, 0.29) is 18.9 Å². The van der Waals surface area contributed by atoms with Crippen LogP contribution in [0, 0.1) is 12.8 Å². The minimum atomic E-state index is -0.677. The molecule has 0 unspecified atom stereocenters. The molecule has 1 saturated heterocycles. The summed E-state index contributed by atoms with van der Waals surface area (Å²) in [5.74, 6) is -1.49. The monoisotopic (exact) mass is 541 g/mol. The average molecular weight is 542 g/mol. The summed E-state index contributed by atoms with van der Waals surface area (Å²) < 4.78 is 10.8. The lowest BCUT2D eigenvalue weighted by Gasteiger charge is -2.26. The van der Waals surface area contributed by atoms with E-state index in [1.807, 2.05) is 48.5 Å². The van der Waals surface area contributed by atoms with E-state index in [0.29, 0.717) is 19.3 Å². The Morgan fingerprint density at radius 1 is 0.975 bits per heavy atom. The molecule has 210 valence electrons. The molecule has 1 fully saturated rings. The Bertz CT molecular complexity index is 1310. The average Bonchev–Trinajstić information content (AvgIpc) is 3.27. The number of nitrogens with zero attached hydrogens (tertiary/aromatic N) is 1. The summed E-state index contributed by atoms with van der Waals surface area (Å²) in [6, 6.07) is 26.0. The zero-order valence-electron chi connectivity index (χ0n) is 23.9. The summed E-state index contributed by atoms with van der Waals surface area (Å²) in [5, 5.41) is 0. The number of amides is 2. The summed E-state index contributed by atoms with van der Waals surface area (Å²) in [6.07, 6.45) is 1.68. The number of aryl methyl sites for hydroxylation is 2. The molecule has 3 aromatic rings. The Morgan fingerprint density at radius 3 is 2.30 bits per heavy atom. The quantitative estimate of drug-likeness (QED) is 0.261. The highest BCUT2D eigenvalue weighted by molar-refractivity contribution is 5.96. The minimum absolute atomic E-state index is 0.0795. The number of carbonyl (C=O) groups is 3. The highest BCUT2D eigenvalue weighted by atomic mass is 16.6. The summed E-state index contributed by atoms with van der Waals surface area (Å²) in [6.45, 7) is 7.66. The van der Waals surface area contributed by atoms with E-state index in [1.165, 1.54) is 27.2 Å². The van der Waals surface area contributed by atoms with Gasteiger partial charge >= 0.3 is 12.1 Å². The fraction of sp³-hybridized carbons (Fsp3) is 0.382. The van der Waals surface area contributed by atoms with Gasteiger partial charge in [0.15, 0.2) is 0 Å². The number of esters is 1. The molecule has 0 bridgehead atoms. The van der Waals surface area contributed by atoms with Crippen molar-refractivity contribution in [2.75, 3.05) is 6.61 Å². The van der Waals surface area contributed by atoms with Crippen LogP contribution >= 0.6 is 0 Å². The zero-order chi connectivity index (χ0) is 28.7. The molecule has 0 aromatic heterocycles. The van der Waals surface area contributed by atoms with Gasteiger partial charge in [0, 0.05) is 5.92 Å². The lowest BCUT2D eigenvalue weighted by Crippen LogP contribution is -2.44. The van der Waals surface area contributed by atoms with Crippen LogP contribution in [0.1, 0.15) is 56.7 Å². The Balaban J connectivity index is 1.46. The van der Waals surface area contributed by atoms with Crippen molar-refractivity contribution in [3.05, 3.63) is 95.6 Å². The third kappa shape index (κ3) is 7.81. The van der Waals surface area contributed by atoms with Crippen molar-refractivity contribution >= 4 is 18.0 Å². The van der Waals surface area contributed by atoms with Crippen LogP contribution in [0.2, 0.25) is 0 Å². The van der Waals surface area contributed by atoms with Crippen molar-refractivity contribution in [3.63, 3.8) is 0 Å². The Labute approximate surface area is 237 Å². The van der Waals surface area contributed by atoms with Crippen molar-refractivity contribution < 1.29 is 23.9 Å². The number of rotatable bonds is 10. The van der Waals surface area contributed by atoms with Crippen molar-refractivity contribution in [1.29, 1.82) is 0 Å². The highest BCUT2D eigenvalue weighted by Gasteiger charge is 2.41. The number of hydrogen-bond acceptors (Lipinski definition) is 5. The van der Waals surface area contributed by atoms with Gasteiger partial charge in [0.1, 0.15) is 12.2 Å². The first-order valence-corrected chi connectivity index (χ1v) is 14.0. The number of carbonyl (C=O) groups excluding carboxylic acids is 3. The van der Waals surface area contributed by atoms with Crippen LogP contribution in [0.25, 0.3) is 11.1 Å². The van der Waals surface area contributed by atoms with Gasteiger partial charge in [-0.3, -0.25) is 9.59 Å². The molecule has 6 nitrogen and oxygen atoms in total. The van der Waals surface area contributed by atoms with Crippen LogP contribution in [-0.4, -0.2) is 41.1 Å². The topological polar surface area (TPSA) is 72.9 Å². The van der Waals surface area contributed by atoms with E-state index in [2.05, 4.69) is 37.3 Å². The van der Waals surface area contributed by atoms with Gasteiger partial charge in [0.25, 0.3) is 0 Å². The fourth-order valence-electron chi connectivity index (χ4n) is 5.24. The molecule has 0 spiro atoms. The van der Waals surface area contributed by atoms with Gasteiger partial charge in [-0.15, -0.1) is 0 Å². The van der Waals surface area contributed by atoms with E-state index in [1.54, 1.807) is 20.8 Å². The van der Waals surface area contributed by atoms with Crippen LogP contribution in [0.4, 0.5) is 4.79 Å². The van der Waals surface area contributed by atoms with E-state index in [4.69, 9.17) is 9.47 Å². The molecule has 0 saturated carbocycles. The molecular weight excluding hydrogens is 502 g/mol. The number of hydrogen-bond donors (Lipinski definition) is 0. The highest BCUT2D eigenvalue weighted by Crippen LogP contribution is 2.27. The number of ether oxygens (including phenoxy) is 2. The maximum Gasteiger partial charge on any atom is 0.416 e. The second kappa shape index (κ2) is 12.9. The molecule has 6 heteroatoms. The summed E-state index contributed by atoms with van der Waals surface area (Å²) >= 11 is 0. The van der Waals surface area contributed by atoms with Gasteiger partial charge in [-0.2, -0.15) is 0 Å². The van der Waals surface area contributed by atoms with Crippen molar-refractivity contribution in [1.82, 2.24) is 4.90 Å². The largest absolute Gasteiger partial charge is 0.460 e. The van der Waals surface area contributed by atoms with Gasteiger partial charge in [0.05, 0.1) is 12.5 Å². The first-order valence-electron chi connectivity index (χ1n) is 14.0. The van der Waals surface area contributed by atoms with Gasteiger partial charge in [-0.05, 0) is 81.2 Å². The van der Waals surface area contributed by atoms with E-state index in [9.17, 15) is 14.4 Å². The predicted octanol–water partition coefficient (Wildman–Crippen LogP) is 6.92. The smallest absolute Gasteiger partial charge is 0.416 e. The molecule has 1 heterocycles. The van der Waals surface area contributed by atoms with Gasteiger partial charge in [0.2, 0.25) is 5.91 Å². The number of imide groups is 1. The summed E-state index contributed by atoms with van der Waals surface area (Å²) in [4.78, 5) is 40.5. The van der Waals surface area contributed by atoms with Crippen LogP contribution in [0.3, 0.4) is 0 Å². The van der Waals surface area contributed by atoms with Crippen molar-refractivity contribution in [2.24, 2.45) is 5.92 Å². The number of benzene rings is 3. The first-order chi connectivity index (χ1) is 19.1. The Kier molecular flexibility index (Phi) is 9.41. The Morgan fingerprint density at radius 2 is 1.65 bits per heavy atom. The van der Waals surface area contributed by atoms with Gasteiger partial charge < -0.3 is 9.47 Å². The first kappa shape index (κ1) is 29.1. The van der Waals surface area contributed by atoms with Gasteiger partial charge in [-0.25, -0.2) is 9.69 Å². The Hall–Kier alpha value is -3.93. The van der Waals surface area contributed by atoms with Gasteiger partial charge in [-0.1, -0.05) is 78.9 Å². The van der Waals surface area contributed by atoms with E-state index < -0.39 is 29.6 Å². The molecule has 4 rings (SSSR count). The fourth-order valence-corrected chi connectivity index (χ4v) is 5.24. The predicted molar refractivity (Wildman–Crippen MR) is 156 cm³/mol. The van der Waals surface area contributed by atoms with E-state index >= 15 is 0 Å². The number of cyclic esters (lactones) is 1. The van der Waals surface area contributed by atoms with E-state index in [0.717, 1.165) is 12.0 Å². The minimum Gasteiger partial charge on any atom is -0.460 e. The molecule has 2 amide bonds. The molecule has 0 radical (unpaired) electrons. The molecule has 40 heavy (non-hydrogen) atoms. The van der Waals surface area contributed by atoms with Crippen LogP contribution in [-0.2, 0) is 31.9 Å². The maximum atomic E-state index is 13.8.